The first kappa shape index (κ1) is 14.6. The molecule has 2 aromatic rings. The second-order valence-corrected chi connectivity index (χ2v) is 4.84. The van der Waals surface area contributed by atoms with Gasteiger partial charge in [0.1, 0.15) is 11.3 Å². The minimum Gasteiger partial charge on any atom is -0.507 e. The summed E-state index contributed by atoms with van der Waals surface area (Å²) in [6, 6.07) is 5.67. The van der Waals surface area contributed by atoms with Crippen LogP contribution in [0.4, 0.5) is 5.69 Å². The number of phenols is 1. The lowest BCUT2D eigenvalue weighted by atomic mass is 10.1. The molecule has 2 rings (SSSR count). The zero-order chi connectivity index (χ0) is 15.7. The average Bonchev–Trinajstić information content (AvgIpc) is 2.66. The van der Waals surface area contributed by atoms with E-state index in [1.807, 2.05) is 25.5 Å². The van der Waals surface area contributed by atoms with Gasteiger partial charge in [0.05, 0.1) is 5.56 Å². The van der Waals surface area contributed by atoms with Crippen molar-refractivity contribution in [3.8, 4) is 5.75 Å². The SMILES string of the molecule is Cc1cc(C(=O)Nc2ccc(C(=O)O)c(O)c2)c(C)n1C. The highest BCUT2D eigenvalue weighted by Crippen LogP contribution is 2.23. The van der Waals surface area contributed by atoms with Crippen LogP contribution in [0.1, 0.15) is 32.1 Å². The number of aromatic carboxylic acids is 1. The first-order valence-electron chi connectivity index (χ1n) is 6.32. The number of aromatic nitrogens is 1. The lowest BCUT2D eigenvalue weighted by molar-refractivity contribution is 0.0693. The fraction of sp³-hybridized carbons (Fsp3) is 0.200. The minimum absolute atomic E-state index is 0.209. The van der Waals surface area contributed by atoms with Crippen LogP contribution in [0.15, 0.2) is 24.3 Å². The van der Waals surface area contributed by atoms with Crippen molar-refractivity contribution in [3.63, 3.8) is 0 Å². The summed E-state index contributed by atoms with van der Waals surface area (Å²) in [6.07, 6.45) is 0. The number of carbonyl (C=O) groups is 2. The van der Waals surface area contributed by atoms with Crippen molar-refractivity contribution in [1.29, 1.82) is 0 Å². The van der Waals surface area contributed by atoms with Crippen molar-refractivity contribution in [2.75, 3.05) is 5.32 Å². The monoisotopic (exact) mass is 288 g/mol. The third-order valence-electron chi connectivity index (χ3n) is 3.51. The highest BCUT2D eigenvalue weighted by molar-refractivity contribution is 6.05. The molecule has 21 heavy (non-hydrogen) atoms. The molecule has 0 saturated heterocycles. The van der Waals surface area contributed by atoms with Gasteiger partial charge in [-0.1, -0.05) is 0 Å². The van der Waals surface area contributed by atoms with Gasteiger partial charge in [0.15, 0.2) is 0 Å². The van der Waals surface area contributed by atoms with E-state index < -0.39 is 5.97 Å². The maximum atomic E-state index is 12.2. The first-order chi connectivity index (χ1) is 9.81. The Balaban J connectivity index is 2.26. The van der Waals surface area contributed by atoms with Crippen LogP contribution in [0.25, 0.3) is 0 Å². The van der Waals surface area contributed by atoms with Crippen LogP contribution in [0.5, 0.6) is 5.75 Å². The predicted octanol–water partition coefficient (Wildman–Crippen LogP) is 2.30. The van der Waals surface area contributed by atoms with Gasteiger partial charge < -0.3 is 20.1 Å². The summed E-state index contributed by atoms with van der Waals surface area (Å²) >= 11 is 0. The zero-order valence-corrected chi connectivity index (χ0v) is 12.0. The van der Waals surface area contributed by atoms with Gasteiger partial charge in [-0.05, 0) is 32.0 Å². The maximum Gasteiger partial charge on any atom is 0.339 e. The number of carboxylic acids is 1. The smallest absolute Gasteiger partial charge is 0.339 e. The number of anilines is 1. The fourth-order valence-electron chi connectivity index (χ4n) is 2.07. The van der Waals surface area contributed by atoms with E-state index >= 15 is 0 Å². The third kappa shape index (κ3) is 2.74. The van der Waals surface area contributed by atoms with Crippen LogP contribution in [0, 0.1) is 13.8 Å². The van der Waals surface area contributed by atoms with Crippen LogP contribution < -0.4 is 5.32 Å². The molecule has 0 bridgehead atoms. The standard InChI is InChI=1S/C15H16N2O4/c1-8-6-12(9(2)17(8)3)14(19)16-10-4-5-11(15(20)21)13(18)7-10/h4-7,18H,1-3H3,(H,16,19)(H,20,21). The van der Waals surface area contributed by atoms with Gasteiger partial charge in [0.2, 0.25) is 0 Å². The summed E-state index contributed by atoms with van der Waals surface area (Å²) in [5.41, 5.74) is 2.46. The predicted molar refractivity (Wildman–Crippen MR) is 77.9 cm³/mol. The Morgan fingerprint density at radius 1 is 1.14 bits per heavy atom. The fourth-order valence-corrected chi connectivity index (χ4v) is 2.07. The molecule has 110 valence electrons. The molecule has 1 aromatic carbocycles. The molecule has 1 amide bonds. The number of hydrogen-bond donors (Lipinski definition) is 3. The summed E-state index contributed by atoms with van der Waals surface area (Å²) in [7, 11) is 1.87. The molecule has 0 aliphatic rings. The van der Waals surface area contributed by atoms with Crippen LogP contribution in [0.2, 0.25) is 0 Å². The Kier molecular flexibility index (Phi) is 3.71. The molecule has 1 aromatic heterocycles. The first-order valence-corrected chi connectivity index (χ1v) is 6.32. The second-order valence-electron chi connectivity index (χ2n) is 4.84. The third-order valence-corrected chi connectivity index (χ3v) is 3.51. The molecule has 0 atom stereocenters. The van der Waals surface area contributed by atoms with Crippen molar-refractivity contribution < 1.29 is 19.8 Å². The van der Waals surface area contributed by atoms with E-state index in [9.17, 15) is 14.7 Å². The van der Waals surface area contributed by atoms with Gasteiger partial charge in [-0.25, -0.2) is 4.79 Å². The number of carboxylic acid groups (broad SMARTS) is 1. The van der Waals surface area contributed by atoms with E-state index in [1.165, 1.54) is 18.2 Å². The Hall–Kier alpha value is -2.76. The van der Waals surface area contributed by atoms with E-state index in [4.69, 9.17) is 5.11 Å². The van der Waals surface area contributed by atoms with Crippen molar-refractivity contribution >= 4 is 17.6 Å². The Labute approximate surface area is 121 Å². The lowest BCUT2D eigenvalue weighted by Gasteiger charge is -2.07. The molecule has 0 aliphatic carbocycles. The maximum absolute atomic E-state index is 12.2. The highest BCUT2D eigenvalue weighted by Gasteiger charge is 2.15. The molecule has 0 unspecified atom stereocenters. The molecule has 0 radical (unpaired) electrons. The highest BCUT2D eigenvalue weighted by atomic mass is 16.4. The average molecular weight is 288 g/mol. The number of nitrogens with one attached hydrogen (secondary N) is 1. The van der Waals surface area contributed by atoms with Gasteiger partial charge in [-0.3, -0.25) is 4.79 Å². The number of carbonyl (C=O) groups excluding carboxylic acids is 1. The number of nitrogens with zero attached hydrogens (tertiary/aromatic N) is 1. The lowest BCUT2D eigenvalue weighted by Crippen LogP contribution is -2.13. The Bertz CT molecular complexity index is 732. The Morgan fingerprint density at radius 3 is 2.29 bits per heavy atom. The number of hydrogen-bond acceptors (Lipinski definition) is 3. The second kappa shape index (κ2) is 5.32. The number of aryl methyl sites for hydroxylation is 1. The van der Waals surface area contributed by atoms with Crippen LogP contribution >= 0.6 is 0 Å². The van der Waals surface area contributed by atoms with Gasteiger partial charge >= 0.3 is 5.97 Å². The number of amides is 1. The topological polar surface area (TPSA) is 91.6 Å². The number of aromatic hydroxyl groups is 1. The summed E-state index contributed by atoms with van der Waals surface area (Å²) in [4.78, 5) is 23.0. The van der Waals surface area contributed by atoms with Gasteiger partial charge in [0, 0.05) is 30.2 Å². The largest absolute Gasteiger partial charge is 0.507 e. The van der Waals surface area contributed by atoms with Crippen molar-refractivity contribution in [1.82, 2.24) is 4.57 Å². The number of rotatable bonds is 3. The normalized spacial score (nSPS) is 10.4. The zero-order valence-electron chi connectivity index (χ0n) is 12.0. The molecule has 0 aliphatic heterocycles. The summed E-state index contributed by atoms with van der Waals surface area (Å²) in [5, 5.41) is 21.1. The van der Waals surface area contributed by atoms with Gasteiger partial charge in [-0.2, -0.15) is 0 Å². The minimum atomic E-state index is -1.22. The summed E-state index contributed by atoms with van der Waals surface area (Å²) < 4.78 is 1.90. The molecule has 6 heteroatoms. The van der Waals surface area contributed by atoms with Crippen LogP contribution in [-0.2, 0) is 7.05 Å². The van der Waals surface area contributed by atoms with Gasteiger partial charge in [0.25, 0.3) is 5.91 Å². The number of benzene rings is 1. The van der Waals surface area contributed by atoms with E-state index in [0.717, 1.165) is 11.4 Å². The molecule has 3 N–H and O–H groups in total. The molecule has 0 spiro atoms. The van der Waals surface area contributed by atoms with Crippen molar-refractivity contribution in [2.24, 2.45) is 7.05 Å². The van der Waals surface area contributed by atoms with E-state index in [2.05, 4.69) is 5.32 Å². The van der Waals surface area contributed by atoms with Crippen molar-refractivity contribution in [3.05, 3.63) is 46.8 Å². The Morgan fingerprint density at radius 2 is 1.81 bits per heavy atom. The summed E-state index contributed by atoms with van der Waals surface area (Å²) in [6.45, 7) is 3.74. The molecule has 1 heterocycles. The summed E-state index contributed by atoms with van der Waals surface area (Å²) in [5.74, 6) is -1.92. The molecule has 0 fully saturated rings. The molecular weight excluding hydrogens is 272 g/mol. The molecule has 0 saturated carbocycles. The van der Waals surface area contributed by atoms with Gasteiger partial charge in [-0.15, -0.1) is 0 Å². The van der Waals surface area contributed by atoms with Crippen LogP contribution in [-0.4, -0.2) is 26.7 Å². The van der Waals surface area contributed by atoms with Crippen molar-refractivity contribution in [2.45, 2.75) is 13.8 Å². The molecule has 6 nitrogen and oxygen atoms in total. The van der Waals surface area contributed by atoms with E-state index in [0.29, 0.717) is 11.3 Å². The van der Waals surface area contributed by atoms with E-state index in [1.54, 1.807) is 6.07 Å². The molecular formula is C15H16N2O4. The van der Waals surface area contributed by atoms with E-state index in [-0.39, 0.29) is 17.2 Å². The van der Waals surface area contributed by atoms with Crippen LogP contribution in [0.3, 0.4) is 0 Å². The quantitative estimate of drug-likeness (QED) is 0.808.